The fourth-order valence-corrected chi connectivity index (χ4v) is 1.75. The van der Waals surface area contributed by atoms with E-state index in [-0.39, 0.29) is 30.7 Å². The molecule has 1 aromatic rings. The van der Waals surface area contributed by atoms with E-state index in [1.807, 2.05) is 0 Å². The van der Waals surface area contributed by atoms with E-state index in [4.69, 9.17) is 9.52 Å². The summed E-state index contributed by atoms with van der Waals surface area (Å²) in [6.07, 6.45) is 5.04. The van der Waals surface area contributed by atoms with E-state index in [2.05, 4.69) is 5.32 Å². The van der Waals surface area contributed by atoms with Crippen LogP contribution in [0.3, 0.4) is 0 Å². The maximum Gasteiger partial charge on any atom is 0.289 e. The predicted molar refractivity (Wildman–Crippen MR) is 74.2 cm³/mol. The molecular formula is C14H22N2O4. The number of unbranched alkanes of at least 4 members (excludes halogenated alkanes) is 3. The average Bonchev–Trinajstić information content (AvgIpc) is 2.95. The summed E-state index contributed by atoms with van der Waals surface area (Å²) in [5.41, 5.74) is 0. The topological polar surface area (TPSA) is 82.8 Å². The average molecular weight is 282 g/mol. The molecule has 0 fully saturated rings. The molecule has 1 aromatic heterocycles. The maximum absolute atomic E-state index is 11.8. The van der Waals surface area contributed by atoms with E-state index < -0.39 is 0 Å². The van der Waals surface area contributed by atoms with E-state index in [0.717, 1.165) is 25.7 Å². The number of nitrogens with zero attached hydrogens (tertiary/aromatic N) is 1. The second kappa shape index (κ2) is 9.14. The molecular weight excluding hydrogens is 260 g/mol. The first-order valence-electron chi connectivity index (χ1n) is 6.81. The zero-order valence-electron chi connectivity index (χ0n) is 11.8. The molecule has 0 radical (unpaired) electrons. The minimum absolute atomic E-state index is 0.0101. The molecule has 2 amide bonds. The van der Waals surface area contributed by atoms with Crippen molar-refractivity contribution in [2.75, 3.05) is 26.7 Å². The smallest absolute Gasteiger partial charge is 0.289 e. The van der Waals surface area contributed by atoms with Crippen molar-refractivity contribution >= 4 is 11.8 Å². The molecule has 2 N–H and O–H groups in total. The molecule has 112 valence electrons. The molecule has 0 aliphatic heterocycles. The van der Waals surface area contributed by atoms with E-state index in [0.29, 0.717) is 6.54 Å². The van der Waals surface area contributed by atoms with Crippen molar-refractivity contribution in [2.24, 2.45) is 0 Å². The number of aliphatic hydroxyl groups is 1. The molecule has 0 aliphatic carbocycles. The molecule has 0 bridgehead atoms. The predicted octanol–water partition coefficient (Wildman–Crippen LogP) is 1.02. The summed E-state index contributed by atoms with van der Waals surface area (Å²) in [5, 5.41) is 11.4. The van der Waals surface area contributed by atoms with Gasteiger partial charge in [-0.15, -0.1) is 0 Å². The van der Waals surface area contributed by atoms with Gasteiger partial charge in [-0.1, -0.05) is 12.8 Å². The number of carbonyl (C=O) groups excluding carboxylic acids is 2. The Labute approximate surface area is 118 Å². The summed E-state index contributed by atoms with van der Waals surface area (Å²) in [6.45, 7) is 0.815. The number of hydrogen-bond acceptors (Lipinski definition) is 4. The Morgan fingerprint density at radius 1 is 1.30 bits per heavy atom. The third-order valence-corrected chi connectivity index (χ3v) is 2.87. The highest BCUT2D eigenvalue weighted by molar-refractivity contribution is 5.94. The maximum atomic E-state index is 11.8. The minimum Gasteiger partial charge on any atom is -0.459 e. The molecule has 1 heterocycles. The number of rotatable bonds is 9. The van der Waals surface area contributed by atoms with Gasteiger partial charge in [0.2, 0.25) is 5.91 Å². The van der Waals surface area contributed by atoms with Crippen LogP contribution in [0.15, 0.2) is 22.8 Å². The lowest BCUT2D eigenvalue weighted by Gasteiger charge is -2.15. The first-order valence-corrected chi connectivity index (χ1v) is 6.81. The Kier molecular flexibility index (Phi) is 7.42. The molecule has 0 unspecified atom stereocenters. The van der Waals surface area contributed by atoms with Gasteiger partial charge in [0.15, 0.2) is 5.76 Å². The summed E-state index contributed by atoms with van der Waals surface area (Å²) >= 11 is 0. The van der Waals surface area contributed by atoms with Crippen molar-refractivity contribution < 1.29 is 19.1 Å². The molecule has 6 heteroatoms. The molecule has 1 rings (SSSR count). The Balaban J connectivity index is 2.17. The third kappa shape index (κ3) is 5.88. The lowest BCUT2D eigenvalue weighted by atomic mass is 10.2. The molecule has 0 saturated carbocycles. The van der Waals surface area contributed by atoms with Crippen LogP contribution in [0.4, 0.5) is 0 Å². The summed E-state index contributed by atoms with van der Waals surface area (Å²) in [7, 11) is 1.56. The van der Waals surface area contributed by atoms with Crippen LogP contribution >= 0.6 is 0 Å². The van der Waals surface area contributed by atoms with Gasteiger partial charge in [0.05, 0.1) is 12.8 Å². The molecule has 0 spiro atoms. The van der Waals surface area contributed by atoms with Gasteiger partial charge in [-0.25, -0.2) is 0 Å². The number of carbonyl (C=O) groups is 2. The highest BCUT2D eigenvalue weighted by atomic mass is 16.3. The minimum atomic E-state index is -0.312. The van der Waals surface area contributed by atoms with Crippen LogP contribution in [0.2, 0.25) is 0 Å². The standard InChI is InChI=1S/C14H22N2O4/c1-16(14(19)12-7-6-10-20-12)11-13(18)15-8-4-2-3-5-9-17/h6-7,10,17H,2-5,8-9,11H2,1H3,(H,15,18). The van der Waals surface area contributed by atoms with Crippen LogP contribution in [0, 0.1) is 0 Å². The summed E-state index contributed by atoms with van der Waals surface area (Å²) in [5.74, 6) is -0.271. The lowest BCUT2D eigenvalue weighted by molar-refractivity contribution is -0.121. The van der Waals surface area contributed by atoms with Gasteiger partial charge in [0, 0.05) is 20.2 Å². The van der Waals surface area contributed by atoms with Crippen molar-refractivity contribution in [2.45, 2.75) is 25.7 Å². The molecule has 0 saturated heterocycles. The molecule has 0 aliphatic rings. The second-order valence-electron chi connectivity index (χ2n) is 4.63. The largest absolute Gasteiger partial charge is 0.459 e. The van der Waals surface area contributed by atoms with Crippen molar-refractivity contribution in [1.29, 1.82) is 0 Å². The highest BCUT2D eigenvalue weighted by Gasteiger charge is 2.16. The summed E-state index contributed by atoms with van der Waals surface area (Å²) < 4.78 is 4.99. The summed E-state index contributed by atoms with van der Waals surface area (Å²) in [6, 6.07) is 3.20. The molecule has 0 aromatic carbocycles. The third-order valence-electron chi connectivity index (χ3n) is 2.87. The first-order chi connectivity index (χ1) is 9.65. The number of aliphatic hydroxyl groups excluding tert-OH is 1. The van der Waals surface area contributed by atoms with E-state index in [1.54, 1.807) is 19.2 Å². The van der Waals surface area contributed by atoms with Gasteiger partial charge in [-0.05, 0) is 25.0 Å². The summed E-state index contributed by atoms with van der Waals surface area (Å²) in [4.78, 5) is 24.8. The Hall–Kier alpha value is -1.82. The van der Waals surface area contributed by atoms with E-state index >= 15 is 0 Å². The first kappa shape index (κ1) is 16.2. The van der Waals surface area contributed by atoms with Crippen LogP contribution in [0.25, 0.3) is 0 Å². The molecule has 20 heavy (non-hydrogen) atoms. The lowest BCUT2D eigenvalue weighted by Crippen LogP contribution is -2.38. The Morgan fingerprint density at radius 2 is 2.05 bits per heavy atom. The highest BCUT2D eigenvalue weighted by Crippen LogP contribution is 2.03. The fourth-order valence-electron chi connectivity index (χ4n) is 1.75. The van der Waals surface area contributed by atoms with Crippen LogP contribution in [-0.2, 0) is 4.79 Å². The van der Waals surface area contributed by atoms with Gasteiger partial charge in [-0.2, -0.15) is 0 Å². The van der Waals surface area contributed by atoms with Crippen molar-refractivity contribution in [1.82, 2.24) is 10.2 Å². The Bertz CT molecular complexity index is 403. The van der Waals surface area contributed by atoms with E-state index in [9.17, 15) is 9.59 Å². The SMILES string of the molecule is CN(CC(=O)NCCCCCCO)C(=O)c1ccco1. The van der Waals surface area contributed by atoms with E-state index in [1.165, 1.54) is 11.2 Å². The number of amides is 2. The fraction of sp³-hybridized carbons (Fsp3) is 0.571. The Morgan fingerprint density at radius 3 is 2.70 bits per heavy atom. The van der Waals surface area contributed by atoms with Crippen molar-refractivity contribution in [3.8, 4) is 0 Å². The van der Waals surface area contributed by atoms with Crippen LogP contribution < -0.4 is 5.32 Å². The molecule has 0 atom stereocenters. The normalized spacial score (nSPS) is 10.3. The van der Waals surface area contributed by atoms with Gasteiger partial charge in [0.25, 0.3) is 5.91 Å². The van der Waals surface area contributed by atoms with Gasteiger partial charge < -0.3 is 19.7 Å². The zero-order valence-corrected chi connectivity index (χ0v) is 11.8. The van der Waals surface area contributed by atoms with Crippen LogP contribution in [-0.4, -0.2) is 48.6 Å². The van der Waals surface area contributed by atoms with Gasteiger partial charge in [-0.3, -0.25) is 9.59 Å². The second-order valence-corrected chi connectivity index (χ2v) is 4.63. The van der Waals surface area contributed by atoms with Crippen LogP contribution in [0.5, 0.6) is 0 Å². The number of nitrogens with one attached hydrogen (secondary N) is 1. The van der Waals surface area contributed by atoms with Crippen molar-refractivity contribution in [3.63, 3.8) is 0 Å². The van der Waals surface area contributed by atoms with Gasteiger partial charge in [0.1, 0.15) is 0 Å². The zero-order chi connectivity index (χ0) is 14.8. The van der Waals surface area contributed by atoms with Gasteiger partial charge >= 0.3 is 0 Å². The number of furan rings is 1. The van der Waals surface area contributed by atoms with Crippen molar-refractivity contribution in [3.05, 3.63) is 24.2 Å². The van der Waals surface area contributed by atoms with Crippen LogP contribution in [0.1, 0.15) is 36.2 Å². The number of hydrogen-bond donors (Lipinski definition) is 2. The quantitative estimate of drug-likeness (QED) is 0.662. The number of likely N-dealkylation sites (N-methyl/N-ethyl adjacent to an activating group) is 1. The monoisotopic (exact) mass is 282 g/mol. The molecule has 6 nitrogen and oxygen atoms in total.